The average molecular weight is 608 g/mol. The van der Waals surface area contributed by atoms with E-state index < -0.39 is 0 Å². The molecule has 0 aliphatic heterocycles. The minimum absolute atomic E-state index is 0.784. The van der Waals surface area contributed by atoms with Crippen LogP contribution in [-0.4, -0.2) is 0 Å². The molecule has 228 valence electrons. The molecule has 6 aromatic carbocycles. The molecule has 0 aliphatic rings. The SMILES string of the molecule is Cc1ccccc1Oc1ccccc1N(c1ccc(C=CC=Cc2ccccc2)cc1)c1ccc(C=CC=Cc2ccccc2)cc1. The van der Waals surface area contributed by atoms with Crippen LogP contribution in [0.2, 0.25) is 0 Å². The maximum atomic E-state index is 6.54. The number of anilines is 3. The van der Waals surface area contributed by atoms with E-state index in [4.69, 9.17) is 4.74 Å². The molecule has 0 aliphatic carbocycles. The number of ether oxygens (including phenoxy) is 1. The van der Waals surface area contributed by atoms with Gasteiger partial charge in [-0.15, -0.1) is 0 Å². The summed E-state index contributed by atoms with van der Waals surface area (Å²) in [4.78, 5) is 2.25. The van der Waals surface area contributed by atoms with Crippen LogP contribution in [-0.2, 0) is 0 Å². The Labute approximate surface area is 278 Å². The quantitative estimate of drug-likeness (QED) is 0.136. The van der Waals surface area contributed by atoms with E-state index in [0.29, 0.717) is 0 Å². The first-order chi connectivity index (χ1) is 23.2. The van der Waals surface area contributed by atoms with Gasteiger partial charge in [0.25, 0.3) is 0 Å². The zero-order valence-corrected chi connectivity index (χ0v) is 26.5. The molecule has 0 fully saturated rings. The number of para-hydroxylation sites is 3. The van der Waals surface area contributed by atoms with Gasteiger partial charge in [0.15, 0.2) is 5.75 Å². The molecule has 0 heterocycles. The highest BCUT2D eigenvalue weighted by molar-refractivity contribution is 5.81. The second-order valence-corrected chi connectivity index (χ2v) is 11.1. The highest BCUT2D eigenvalue weighted by Gasteiger charge is 2.17. The van der Waals surface area contributed by atoms with Gasteiger partial charge in [-0.05, 0) is 77.2 Å². The van der Waals surface area contributed by atoms with Crippen molar-refractivity contribution in [2.45, 2.75) is 6.92 Å². The van der Waals surface area contributed by atoms with Crippen LogP contribution < -0.4 is 9.64 Å². The van der Waals surface area contributed by atoms with Gasteiger partial charge in [-0.1, -0.05) is 164 Å². The van der Waals surface area contributed by atoms with E-state index in [9.17, 15) is 0 Å². The lowest BCUT2D eigenvalue weighted by molar-refractivity contribution is 0.480. The van der Waals surface area contributed by atoms with Crippen LogP contribution in [0.1, 0.15) is 27.8 Å². The normalized spacial score (nSPS) is 11.6. The molecule has 0 N–H and O–H groups in total. The van der Waals surface area contributed by atoms with Crippen molar-refractivity contribution < 1.29 is 4.74 Å². The van der Waals surface area contributed by atoms with Crippen molar-refractivity contribution in [3.05, 3.63) is 210 Å². The lowest BCUT2D eigenvalue weighted by Crippen LogP contribution is -2.11. The fourth-order valence-corrected chi connectivity index (χ4v) is 5.21. The second-order valence-electron chi connectivity index (χ2n) is 11.1. The van der Waals surface area contributed by atoms with Gasteiger partial charge in [-0.2, -0.15) is 0 Å². The Balaban J connectivity index is 1.28. The molecule has 0 saturated heterocycles. The second kappa shape index (κ2) is 15.7. The minimum atomic E-state index is 0.784. The van der Waals surface area contributed by atoms with Crippen molar-refractivity contribution in [2.75, 3.05) is 4.90 Å². The van der Waals surface area contributed by atoms with Crippen molar-refractivity contribution in [3.8, 4) is 11.5 Å². The summed E-state index contributed by atoms with van der Waals surface area (Å²) in [6.07, 6.45) is 16.8. The fourth-order valence-electron chi connectivity index (χ4n) is 5.21. The van der Waals surface area contributed by atoms with Gasteiger partial charge < -0.3 is 9.64 Å². The summed E-state index contributed by atoms with van der Waals surface area (Å²) in [5, 5.41) is 0. The van der Waals surface area contributed by atoms with E-state index in [1.807, 2.05) is 66.7 Å². The third kappa shape index (κ3) is 8.54. The smallest absolute Gasteiger partial charge is 0.151 e. The Morgan fingerprint density at radius 3 is 1.23 bits per heavy atom. The third-order valence-corrected chi connectivity index (χ3v) is 7.70. The molecule has 0 amide bonds. The van der Waals surface area contributed by atoms with E-state index in [1.165, 1.54) is 11.1 Å². The van der Waals surface area contributed by atoms with Gasteiger partial charge >= 0.3 is 0 Å². The number of nitrogens with zero attached hydrogens (tertiary/aromatic N) is 1. The number of aryl methyl sites for hydroxylation is 1. The van der Waals surface area contributed by atoms with Crippen molar-refractivity contribution in [2.24, 2.45) is 0 Å². The number of hydrogen-bond donors (Lipinski definition) is 0. The standard InChI is InChI=1S/C45H37NO/c1-36-16-8-14-26-44(36)47-45-27-15-13-25-43(45)46(41-32-28-39(29-33-41)23-11-9-21-37-17-4-2-5-18-37)42-34-30-40(31-35-42)24-12-10-22-38-19-6-3-7-20-38/h2-35H,1H3. The number of hydrogen-bond acceptors (Lipinski definition) is 2. The molecular weight excluding hydrogens is 571 g/mol. The molecule has 0 atom stereocenters. The van der Waals surface area contributed by atoms with Gasteiger partial charge in [0.2, 0.25) is 0 Å². The largest absolute Gasteiger partial charge is 0.455 e. The lowest BCUT2D eigenvalue weighted by atomic mass is 10.1. The van der Waals surface area contributed by atoms with Crippen molar-refractivity contribution in [3.63, 3.8) is 0 Å². The van der Waals surface area contributed by atoms with Crippen LogP contribution in [0.25, 0.3) is 24.3 Å². The average Bonchev–Trinajstić information content (AvgIpc) is 3.12. The highest BCUT2D eigenvalue weighted by atomic mass is 16.5. The van der Waals surface area contributed by atoms with Crippen LogP contribution in [0, 0.1) is 6.92 Å². The molecule has 0 unspecified atom stereocenters. The summed E-state index contributed by atoms with van der Waals surface area (Å²) in [5.41, 5.74) is 8.73. The minimum Gasteiger partial charge on any atom is -0.455 e. The van der Waals surface area contributed by atoms with Gasteiger partial charge in [-0.25, -0.2) is 0 Å². The first kappa shape index (κ1) is 30.9. The first-order valence-corrected chi connectivity index (χ1v) is 15.9. The molecule has 47 heavy (non-hydrogen) atoms. The highest BCUT2D eigenvalue weighted by Crippen LogP contribution is 2.42. The van der Waals surface area contributed by atoms with Crippen LogP contribution in [0.3, 0.4) is 0 Å². The number of rotatable bonds is 11. The molecule has 0 bridgehead atoms. The molecule has 0 aromatic heterocycles. The van der Waals surface area contributed by atoms with Crippen LogP contribution >= 0.6 is 0 Å². The molecule has 0 saturated carbocycles. The zero-order valence-electron chi connectivity index (χ0n) is 26.5. The van der Waals surface area contributed by atoms with Crippen LogP contribution in [0.15, 0.2) is 182 Å². The molecule has 2 nitrogen and oxygen atoms in total. The fraction of sp³-hybridized carbons (Fsp3) is 0.0222. The monoisotopic (exact) mass is 607 g/mol. The third-order valence-electron chi connectivity index (χ3n) is 7.70. The maximum absolute atomic E-state index is 6.54. The van der Waals surface area contributed by atoms with Crippen molar-refractivity contribution in [1.82, 2.24) is 0 Å². The summed E-state index contributed by atoms with van der Waals surface area (Å²) < 4.78 is 6.54. The Bertz CT molecular complexity index is 1880. The Kier molecular flexibility index (Phi) is 10.3. The Hall–Kier alpha value is -6.12. The number of benzene rings is 6. The summed E-state index contributed by atoms with van der Waals surface area (Å²) in [6.45, 7) is 2.07. The summed E-state index contributed by atoms with van der Waals surface area (Å²) in [7, 11) is 0. The van der Waals surface area contributed by atoms with Gasteiger partial charge in [0.1, 0.15) is 5.75 Å². The van der Waals surface area contributed by atoms with E-state index in [0.717, 1.165) is 45.3 Å². The van der Waals surface area contributed by atoms with Crippen LogP contribution in [0.5, 0.6) is 11.5 Å². The van der Waals surface area contributed by atoms with Gasteiger partial charge in [-0.3, -0.25) is 0 Å². The lowest BCUT2D eigenvalue weighted by Gasteiger charge is -2.27. The van der Waals surface area contributed by atoms with E-state index >= 15 is 0 Å². The predicted molar refractivity (Wildman–Crippen MR) is 201 cm³/mol. The van der Waals surface area contributed by atoms with E-state index in [-0.39, 0.29) is 0 Å². The summed E-state index contributed by atoms with van der Waals surface area (Å²) in [5.74, 6) is 1.62. The molecule has 0 radical (unpaired) electrons. The van der Waals surface area contributed by atoms with E-state index in [1.54, 1.807) is 0 Å². The van der Waals surface area contributed by atoms with Crippen LogP contribution in [0.4, 0.5) is 17.1 Å². The predicted octanol–water partition coefficient (Wildman–Crippen LogP) is 12.7. The van der Waals surface area contributed by atoms with Crippen molar-refractivity contribution >= 4 is 41.4 Å². The van der Waals surface area contributed by atoms with Crippen molar-refractivity contribution in [1.29, 1.82) is 0 Å². The molecule has 6 rings (SSSR count). The van der Waals surface area contributed by atoms with E-state index in [2.05, 4.69) is 151 Å². The van der Waals surface area contributed by atoms with Gasteiger partial charge in [0.05, 0.1) is 5.69 Å². The Morgan fingerprint density at radius 1 is 0.383 bits per heavy atom. The number of allylic oxidation sites excluding steroid dienone is 4. The summed E-state index contributed by atoms with van der Waals surface area (Å²) in [6, 6.07) is 54.2. The molecule has 2 heteroatoms. The zero-order chi connectivity index (χ0) is 32.1. The maximum Gasteiger partial charge on any atom is 0.151 e. The Morgan fingerprint density at radius 2 is 0.766 bits per heavy atom. The molecule has 6 aromatic rings. The topological polar surface area (TPSA) is 12.5 Å². The molecule has 0 spiro atoms. The molecular formula is C45H37NO. The van der Waals surface area contributed by atoms with Gasteiger partial charge in [0, 0.05) is 11.4 Å². The first-order valence-electron chi connectivity index (χ1n) is 15.9. The summed E-state index contributed by atoms with van der Waals surface area (Å²) >= 11 is 0.